The van der Waals surface area contributed by atoms with E-state index in [1.54, 1.807) is 41.2 Å². The van der Waals surface area contributed by atoms with Gasteiger partial charge in [0.2, 0.25) is 0 Å². The number of rotatable bonds is 7. The van der Waals surface area contributed by atoms with Gasteiger partial charge in [-0.3, -0.25) is 9.48 Å². The lowest BCUT2D eigenvalue weighted by Gasteiger charge is -2.06. The molecule has 0 aliphatic rings. The second-order valence-corrected chi connectivity index (χ2v) is 9.26. The maximum absolute atomic E-state index is 13.9. The van der Waals surface area contributed by atoms with Gasteiger partial charge in [0.1, 0.15) is 18.2 Å². The van der Waals surface area contributed by atoms with Crippen molar-refractivity contribution >= 4 is 50.6 Å². The van der Waals surface area contributed by atoms with Crippen molar-refractivity contribution in [1.82, 2.24) is 9.78 Å². The van der Waals surface area contributed by atoms with Crippen LogP contribution in [0.4, 0.5) is 10.2 Å². The van der Waals surface area contributed by atoms with Crippen LogP contribution < -0.4 is 10.1 Å². The van der Waals surface area contributed by atoms with E-state index in [2.05, 4.69) is 26.3 Å². The molecule has 4 rings (SSSR count). The molecule has 0 unspecified atom stereocenters. The number of nitrogens with zero attached hydrogens (tertiary/aromatic N) is 2. The van der Waals surface area contributed by atoms with Crippen LogP contribution in [0.3, 0.4) is 0 Å². The first kappa shape index (κ1) is 22.5. The quantitative estimate of drug-likeness (QED) is 0.287. The van der Waals surface area contributed by atoms with Crippen molar-refractivity contribution in [2.45, 2.75) is 20.1 Å². The third-order valence-corrected chi connectivity index (χ3v) is 6.63. The molecule has 4 aromatic rings. The minimum Gasteiger partial charge on any atom is -0.489 e. The summed E-state index contributed by atoms with van der Waals surface area (Å²) in [6.07, 6.45) is 1.70. The predicted molar refractivity (Wildman–Crippen MR) is 128 cm³/mol. The standard InChI is InChI=1S/C23H18BrClFN3O2S/c1-14-8-17(6-7-19(14)25)31-12-15-9-21(32-13-15)23(30)27-22-18(24)11-29(28-22)10-16-4-2-3-5-20(16)26/h2-9,11,13H,10,12H2,1H3,(H,27,28,30). The summed E-state index contributed by atoms with van der Waals surface area (Å²) in [5, 5.41) is 9.71. The zero-order valence-corrected chi connectivity index (χ0v) is 20.1. The Hall–Kier alpha value is -2.68. The number of hydrogen-bond acceptors (Lipinski definition) is 4. The molecule has 0 atom stereocenters. The fourth-order valence-electron chi connectivity index (χ4n) is 2.98. The highest BCUT2D eigenvalue weighted by atomic mass is 79.9. The van der Waals surface area contributed by atoms with Crippen LogP contribution in [0.25, 0.3) is 0 Å². The summed E-state index contributed by atoms with van der Waals surface area (Å²) in [6.45, 7) is 2.51. The summed E-state index contributed by atoms with van der Waals surface area (Å²) < 4.78 is 21.9. The molecule has 0 aliphatic carbocycles. The maximum atomic E-state index is 13.9. The second-order valence-electron chi connectivity index (χ2n) is 7.09. The number of aromatic nitrogens is 2. The summed E-state index contributed by atoms with van der Waals surface area (Å²) in [5.41, 5.74) is 2.34. The first-order valence-corrected chi connectivity index (χ1v) is 11.7. The molecule has 2 heterocycles. The fourth-order valence-corrected chi connectivity index (χ4v) is 4.30. The van der Waals surface area contributed by atoms with Crippen LogP contribution >= 0.6 is 38.9 Å². The number of carbonyl (C=O) groups excluding carboxylic acids is 1. The number of ether oxygens (including phenoxy) is 1. The molecule has 164 valence electrons. The first-order valence-electron chi connectivity index (χ1n) is 9.63. The van der Waals surface area contributed by atoms with E-state index in [0.29, 0.717) is 38.1 Å². The van der Waals surface area contributed by atoms with E-state index in [1.807, 2.05) is 24.4 Å². The van der Waals surface area contributed by atoms with Crippen molar-refractivity contribution in [3.63, 3.8) is 0 Å². The summed E-state index contributed by atoms with van der Waals surface area (Å²) >= 11 is 10.8. The molecule has 5 nitrogen and oxygen atoms in total. The summed E-state index contributed by atoms with van der Waals surface area (Å²) in [6, 6.07) is 13.8. The molecule has 0 radical (unpaired) electrons. The lowest BCUT2D eigenvalue weighted by atomic mass is 10.2. The number of benzene rings is 2. The van der Waals surface area contributed by atoms with Gasteiger partial charge in [0.05, 0.1) is 15.9 Å². The van der Waals surface area contributed by atoms with Gasteiger partial charge in [0, 0.05) is 22.3 Å². The second kappa shape index (κ2) is 9.85. The van der Waals surface area contributed by atoms with Crippen LogP contribution in [0.2, 0.25) is 5.02 Å². The van der Waals surface area contributed by atoms with Crippen molar-refractivity contribution < 1.29 is 13.9 Å². The molecule has 0 fully saturated rings. The van der Waals surface area contributed by atoms with Gasteiger partial charge in [0.15, 0.2) is 5.82 Å². The molecule has 0 bridgehead atoms. The van der Waals surface area contributed by atoms with E-state index >= 15 is 0 Å². The number of carbonyl (C=O) groups is 1. The van der Waals surface area contributed by atoms with Crippen molar-refractivity contribution in [3.05, 3.63) is 97.0 Å². The van der Waals surface area contributed by atoms with Crippen molar-refractivity contribution in [2.24, 2.45) is 0 Å². The Balaban J connectivity index is 1.38. The van der Waals surface area contributed by atoms with Gasteiger partial charge in [-0.2, -0.15) is 5.10 Å². The first-order chi connectivity index (χ1) is 15.4. The third-order valence-electron chi connectivity index (χ3n) is 4.65. The number of amides is 1. The van der Waals surface area contributed by atoms with Crippen LogP contribution in [0.15, 0.2) is 64.6 Å². The third kappa shape index (κ3) is 5.38. The fraction of sp³-hybridized carbons (Fsp3) is 0.130. The van der Waals surface area contributed by atoms with E-state index < -0.39 is 0 Å². The molecule has 2 aromatic heterocycles. The minimum absolute atomic E-state index is 0.256. The van der Waals surface area contributed by atoms with E-state index in [9.17, 15) is 9.18 Å². The molecule has 2 aromatic carbocycles. The molecule has 0 saturated heterocycles. The Bertz CT molecular complexity index is 1270. The van der Waals surface area contributed by atoms with Crippen molar-refractivity contribution in [2.75, 3.05) is 5.32 Å². The largest absolute Gasteiger partial charge is 0.489 e. The maximum Gasteiger partial charge on any atom is 0.266 e. The smallest absolute Gasteiger partial charge is 0.266 e. The SMILES string of the molecule is Cc1cc(OCc2csc(C(=O)Nc3nn(Cc4ccccc4F)cc3Br)c2)ccc1Cl. The van der Waals surface area contributed by atoms with E-state index in [-0.39, 0.29) is 18.3 Å². The molecule has 1 N–H and O–H groups in total. The highest BCUT2D eigenvalue weighted by molar-refractivity contribution is 9.10. The monoisotopic (exact) mass is 533 g/mol. The number of nitrogens with one attached hydrogen (secondary N) is 1. The van der Waals surface area contributed by atoms with Crippen LogP contribution in [-0.4, -0.2) is 15.7 Å². The van der Waals surface area contributed by atoms with Gasteiger partial charge in [-0.1, -0.05) is 29.8 Å². The van der Waals surface area contributed by atoms with Crippen LogP contribution in [0, 0.1) is 12.7 Å². The van der Waals surface area contributed by atoms with Crippen LogP contribution in [0.5, 0.6) is 5.75 Å². The molecular weight excluding hydrogens is 517 g/mol. The lowest BCUT2D eigenvalue weighted by Crippen LogP contribution is -2.12. The highest BCUT2D eigenvalue weighted by Gasteiger charge is 2.15. The molecule has 0 saturated carbocycles. The summed E-state index contributed by atoms with van der Waals surface area (Å²) in [5.74, 6) is 0.509. The van der Waals surface area contributed by atoms with Gasteiger partial charge in [-0.05, 0) is 64.1 Å². The number of halogens is 3. The summed E-state index contributed by atoms with van der Waals surface area (Å²) in [7, 11) is 0. The van der Waals surface area contributed by atoms with Gasteiger partial charge in [-0.15, -0.1) is 11.3 Å². The van der Waals surface area contributed by atoms with Gasteiger partial charge < -0.3 is 10.1 Å². The van der Waals surface area contributed by atoms with E-state index in [4.69, 9.17) is 16.3 Å². The topological polar surface area (TPSA) is 56.1 Å². The van der Waals surface area contributed by atoms with Crippen LogP contribution in [-0.2, 0) is 13.2 Å². The van der Waals surface area contributed by atoms with Crippen molar-refractivity contribution in [1.29, 1.82) is 0 Å². The molecule has 0 aliphatic heterocycles. The zero-order valence-electron chi connectivity index (χ0n) is 16.9. The van der Waals surface area contributed by atoms with E-state index in [1.165, 1.54) is 17.4 Å². The Morgan fingerprint density at radius 3 is 2.88 bits per heavy atom. The molecule has 1 amide bonds. The Morgan fingerprint density at radius 1 is 1.28 bits per heavy atom. The normalized spacial score (nSPS) is 10.9. The molecular formula is C23H18BrClFN3O2S. The minimum atomic E-state index is -0.299. The number of aryl methyl sites for hydroxylation is 1. The van der Waals surface area contributed by atoms with Crippen molar-refractivity contribution in [3.8, 4) is 5.75 Å². The van der Waals surface area contributed by atoms with Crippen LogP contribution in [0.1, 0.15) is 26.4 Å². The summed E-state index contributed by atoms with van der Waals surface area (Å²) in [4.78, 5) is 13.2. The molecule has 32 heavy (non-hydrogen) atoms. The Kier molecular flexibility index (Phi) is 6.93. The lowest BCUT2D eigenvalue weighted by molar-refractivity contribution is 0.103. The van der Waals surface area contributed by atoms with E-state index in [0.717, 1.165) is 11.1 Å². The van der Waals surface area contributed by atoms with Gasteiger partial charge in [0.25, 0.3) is 5.91 Å². The average molecular weight is 535 g/mol. The molecule has 9 heteroatoms. The predicted octanol–water partition coefficient (Wildman–Crippen LogP) is 6.69. The highest BCUT2D eigenvalue weighted by Crippen LogP contribution is 2.25. The van der Waals surface area contributed by atoms with Gasteiger partial charge in [-0.25, -0.2) is 4.39 Å². The number of thiophene rings is 1. The number of anilines is 1. The van der Waals surface area contributed by atoms with Gasteiger partial charge >= 0.3 is 0 Å². The Morgan fingerprint density at radius 2 is 2.09 bits per heavy atom. The zero-order chi connectivity index (χ0) is 22.7. The number of hydrogen-bond donors (Lipinski definition) is 1. The average Bonchev–Trinajstić information content (AvgIpc) is 3.37. The molecule has 0 spiro atoms. The Labute approximate surface area is 201 Å².